The summed E-state index contributed by atoms with van der Waals surface area (Å²) in [5, 5.41) is 0.913. The Kier molecular flexibility index (Phi) is 9.64. The molecule has 4 nitrogen and oxygen atoms in total. The number of hydrogen-bond acceptors (Lipinski definition) is 3. The molecule has 0 aliphatic rings. The first-order valence-corrected chi connectivity index (χ1v) is 8.40. The fourth-order valence-electron chi connectivity index (χ4n) is 1.68. The first kappa shape index (κ1) is 17.2. The second-order valence-electron chi connectivity index (χ2n) is 4.55. The molecule has 0 radical (unpaired) electrons. The van der Waals surface area contributed by atoms with Crippen molar-refractivity contribution in [1.29, 1.82) is 0 Å². The van der Waals surface area contributed by atoms with Gasteiger partial charge in [0.15, 0.2) is 9.84 Å². The van der Waals surface area contributed by atoms with Gasteiger partial charge in [-0.05, 0) is 6.42 Å². The molecule has 0 spiro atoms. The second kappa shape index (κ2) is 10.1. The monoisotopic (exact) mass is 275 g/mol. The Labute approximate surface area is 111 Å². The number of sulfone groups is 1. The molecule has 0 aromatic carbocycles. The first-order valence-electron chi connectivity index (χ1n) is 6.68. The molecule has 2 N–H and O–H groups in total. The van der Waals surface area contributed by atoms with Crippen LogP contribution in [0.5, 0.6) is 0 Å². The van der Waals surface area contributed by atoms with E-state index in [0.29, 0.717) is 6.42 Å². The van der Waals surface area contributed by atoms with Gasteiger partial charge in [0, 0.05) is 11.5 Å². The third-order valence-electron chi connectivity index (χ3n) is 2.72. The van der Waals surface area contributed by atoms with E-state index in [1.807, 2.05) is 0 Å². The van der Waals surface area contributed by atoms with Crippen molar-refractivity contribution < 1.29 is 13.2 Å². The van der Waals surface area contributed by atoms with Crippen LogP contribution in [-0.4, -0.2) is 20.1 Å². The van der Waals surface area contributed by atoms with Gasteiger partial charge in [0.25, 0.3) is 0 Å². The van der Waals surface area contributed by atoms with E-state index in [1.54, 1.807) is 0 Å². The van der Waals surface area contributed by atoms with Gasteiger partial charge in [-0.25, -0.2) is 8.42 Å². The maximum absolute atomic E-state index is 11.4. The molecule has 0 atom stereocenters. The Balaban J connectivity index is 3.56. The predicted molar refractivity (Wildman–Crippen MR) is 74.7 cm³/mol. The van der Waals surface area contributed by atoms with Gasteiger partial charge in [-0.15, -0.1) is 0 Å². The van der Waals surface area contributed by atoms with Crippen molar-refractivity contribution in [1.82, 2.24) is 0 Å². The van der Waals surface area contributed by atoms with Crippen molar-refractivity contribution in [3.63, 3.8) is 0 Å². The van der Waals surface area contributed by atoms with Crippen LogP contribution in [0.3, 0.4) is 0 Å². The molecule has 0 aliphatic carbocycles. The molecule has 0 saturated carbocycles. The van der Waals surface area contributed by atoms with E-state index in [0.717, 1.165) is 24.3 Å². The summed E-state index contributed by atoms with van der Waals surface area (Å²) in [6, 6.07) is 0. The lowest BCUT2D eigenvalue weighted by Crippen LogP contribution is -2.08. The van der Waals surface area contributed by atoms with E-state index in [2.05, 4.69) is 6.92 Å². The Bertz CT molecular complexity index is 347. The molecule has 0 bridgehead atoms. The van der Waals surface area contributed by atoms with Gasteiger partial charge in [0.05, 0.1) is 5.75 Å². The van der Waals surface area contributed by atoms with Gasteiger partial charge < -0.3 is 5.73 Å². The predicted octanol–water partition coefficient (Wildman–Crippen LogP) is 2.54. The van der Waals surface area contributed by atoms with Gasteiger partial charge in [0.1, 0.15) is 0 Å². The standard InChI is InChI=1S/C13H25NO3S/c1-2-3-4-5-6-7-8-9-11-18(16,17)12-10-13(14)15/h10,12H,2-9,11H2,1H3,(H2,14,15)/b12-10-. The summed E-state index contributed by atoms with van der Waals surface area (Å²) >= 11 is 0. The van der Waals surface area contributed by atoms with Gasteiger partial charge in [-0.1, -0.05) is 51.9 Å². The van der Waals surface area contributed by atoms with Gasteiger partial charge >= 0.3 is 0 Å². The summed E-state index contributed by atoms with van der Waals surface area (Å²) in [6.45, 7) is 2.18. The van der Waals surface area contributed by atoms with E-state index in [1.165, 1.54) is 32.1 Å². The maximum Gasteiger partial charge on any atom is 0.242 e. The summed E-state index contributed by atoms with van der Waals surface area (Å²) < 4.78 is 22.8. The van der Waals surface area contributed by atoms with Gasteiger partial charge in [0.2, 0.25) is 5.91 Å². The van der Waals surface area contributed by atoms with Crippen LogP contribution in [-0.2, 0) is 14.6 Å². The van der Waals surface area contributed by atoms with Crippen LogP contribution < -0.4 is 5.73 Å². The van der Waals surface area contributed by atoms with E-state index in [-0.39, 0.29) is 5.75 Å². The lowest BCUT2D eigenvalue weighted by Gasteiger charge is -2.01. The van der Waals surface area contributed by atoms with Crippen LogP contribution in [0.15, 0.2) is 11.5 Å². The molecule has 0 unspecified atom stereocenters. The Morgan fingerprint density at radius 3 is 2.00 bits per heavy atom. The van der Waals surface area contributed by atoms with Crippen molar-refractivity contribution >= 4 is 15.7 Å². The number of hydrogen-bond donors (Lipinski definition) is 1. The molecule has 106 valence electrons. The van der Waals surface area contributed by atoms with Crippen LogP contribution >= 0.6 is 0 Å². The molecule has 0 aromatic heterocycles. The zero-order valence-corrected chi connectivity index (χ0v) is 12.0. The van der Waals surface area contributed by atoms with Crippen LogP contribution in [0.1, 0.15) is 58.3 Å². The summed E-state index contributed by atoms with van der Waals surface area (Å²) in [7, 11) is -3.26. The summed E-state index contributed by atoms with van der Waals surface area (Å²) in [6.07, 6.45) is 9.78. The van der Waals surface area contributed by atoms with Crippen molar-refractivity contribution in [2.45, 2.75) is 58.3 Å². The van der Waals surface area contributed by atoms with E-state index >= 15 is 0 Å². The largest absolute Gasteiger partial charge is 0.366 e. The fourth-order valence-corrected chi connectivity index (χ4v) is 2.76. The highest BCUT2D eigenvalue weighted by Gasteiger charge is 2.05. The Morgan fingerprint density at radius 1 is 1.00 bits per heavy atom. The third-order valence-corrected chi connectivity index (χ3v) is 4.13. The highest BCUT2D eigenvalue weighted by molar-refractivity contribution is 7.94. The van der Waals surface area contributed by atoms with Crippen molar-refractivity contribution in [2.75, 3.05) is 5.75 Å². The summed E-state index contributed by atoms with van der Waals surface area (Å²) in [5.41, 5.74) is 4.84. The number of nitrogens with two attached hydrogens (primary N) is 1. The van der Waals surface area contributed by atoms with Crippen molar-refractivity contribution in [2.24, 2.45) is 5.73 Å². The average Bonchev–Trinajstić information content (AvgIpc) is 2.30. The van der Waals surface area contributed by atoms with Crippen molar-refractivity contribution in [3.05, 3.63) is 11.5 Å². The SMILES string of the molecule is CCCCCCCCCCS(=O)(=O)/C=C\C(N)=O. The molecule has 5 heteroatoms. The molecule has 0 heterocycles. The van der Waals surface area contributed by atoms with E-state index < -0.39 is 15.7 Å². The summed E-state index contributed by atoms with van der Waals surface area (Å²) in [5.74, 6) is -0.624. The molecule has 0 rings (SSSR count). The third kappa shape index (κ3) is 11.6. The minimum atomic E-state index is -3.26. The zero-order chi connectivity index (χ0) is 13.9. The molecule has 0 aliphatic heterocycles. The highest BCUT2D eigenvalue weighted by Crippen LogP contribution is 2.09. The van der Waals surface area contributed by atoms with Crippen LogP contribution in [0.2, 0.25) is 0 Å². The number of rotatable bonds is 11. The minimum Gasteiger partial charge on any atom is -0.366 e. The normalized spacial score (nSPS) is 12.1. The zero-order valence-electron chi connectivity index (χ0n) is 11.2. The molecule has 0 fully saturated rings. The molecular formula is C13H25NO3S. The molecule has 18 heavy (non-hydrogen) atoms. The van der Waals surface area contributed by atoms with Crippen LogP contribution in [0.4, 0.5) is 0 Å². The van der Waals surface area contributed by atoms with Gasteiger partial charge in [-0.3, -0.25) is 4.79 Å². The maximum atomic E-state index is 11.4. The number of amides is 1. The van der Waals surface area contributed by atoms with E-state index in [4.69, 9.17) is 5.73 Å². The number of carbonyl (C=O) groups excluding carboxylic acids is 1. The quantitative estimate of drug-likeness (QED) is 0.465. The minimum absolute atomic E-state index is 0.103. The fraction of sp³-hybridized carbons (Fsp3) is 0.769. The number of primary amides is 1. The first-order chi connectivity index (χ1) is 8.48. The van der Waals surface area contributed by atoms with Gasteiger partial charge in [-0.2, -0.15) is 0 Å². The van der Waals surface area contributed by atoms with Crippen molar-refractivity contribution in [3.8, 4) is 0 Å². The average molecular weight is 275 g/mol. The number of unbranched alkanes of at least 4 members (excludes halogenated alkanes) is 7. The second-order valence-corrected chi connectivity index (χ2v) is 6.55. The molecule has 0 aromatic rings. The molecule has 1 amide bonds. The summed E-state index contributed by atoms with van der Waals surface area (Å²) in [4.78, 5) is 10.4. The van der Waals surface area contributed by atoms with Crippen LogP contribution in [0, 0.1) is 0 Å². The van der Waals surface area contributed by atoms with Crippen LogP contribution in [0.25, 0.3) is 0 Å². The Hall–Kier alpha value is -0.840. The van der Waals surface area contributed by atoms with E-state index in [9.17, 15) is 13.2 Å². The molecular weight excluding hydrogens is 250 g/mol. The lowest BCUT2D eigenvalue weighted by molar-refractivity contribution is -0.113. The smallest absolute Gasteiger partial charge is 0.242 e. The lowest BCUT2D eigenvalue weighted by atomic mass is 10.1. The highest BCUT2D eigenvalue weighted by atomic mass is 32.2. The topological polar surface area (TPSA) is 77.2 Å². The Morgan fingerprint density at radius 2 is 1.50 bits per heavy atom. The number of carbonyl (C=O) groups is 1. The molecule has 0 saturated heterocycles.